The number of carbonyl (C=O) groups is 1. The number of sulfone groups is 1. The van der Waals surface area contributed by atoms with Crippen molar-refractivity contribution in [3.8, 4) is 0 Å². The largest absolute Gasteiger partial charge is 0.384 e. The molecule has 6 nitrogen and oxygen atoms in total. The van der Waals surface area contributed by atoms with E-state index in [0.717, 1.165) is 24.8 Å². The number of amides is 1. The molecule has 21 heavy (non-hydrogen) atoms. The van der Waals surface area contributed by atoms with Crippen molar-refractivity contribution in [2.24, 2.45) is 0 Å². The van der Waals surface area contributed by atoms with E-state index in [4.69, 9.17) is 5.73 Å². The minimum absolute atomic E-state index is 0.0377. The van der Waals surface area contributed by atoms with Crippen LogP contribution in [0.15, 0.2) is 12.1 Å². The van der Waals surface area contributed by atoms with Crippen molar-refractivity contribution in [1.82, 2.24) is 10.3 Å². The molecule has 0 bridgehead atoms. The number of nitrogens with two attached hydrogens (primary N) is 1. The number of hydrogen-bond donors (Lipinski definition) is 2. The molecule has 1 amide bonds. The summed E-state index contributed by atoms with van der Waals surface area (Å²) in [6.45, 7) is 5.20. The van der Waals surface area contributed by atoms with Gasteiger partial charge in [-0.05, 0) is 32.4 Å². The molecule has 0 spiro atoms. The van der Waals surface area contributed by atoms with E-state index in [-0.39, 0.29) is 18.3 Å². The van der Waals surface area contributed by atoms with Crippen LogP contribution in [0.3, 0.4) is 0 Å². The Bertz CT molecular complexity index is 624. The molecule has 0 fully saturated rings. The van der Waals surface area contributed by atoms with Crippen LogP contribution in [0.4, 0.5) is 5.82 Å². The summed E-state index contributed by atoms with van der Waals surface area (Å²) in [5.74, 6) is -0.0633. The van der Waals surface area contributed by atoms with Gasteiger partial charge >= 0.3 is 0 Å². The predicted molar refractivity (Wildman–Crippen MR) is 83.9 cm³/mol. The van der Waals surface area contributed by atoms with E-state index in [1.807, 2.05) is 6.92 Å². The molecule has 1 aromatic rings. The molecule has 1 aromatic heterocycles. The van der Waals surface area contributed by atoms with Gasteiger partial charge in [0.2, 0.25) is 0 Å². The monoisotopic (exact) mass is 313 g/mol. The average molecular weight is 313 g/mol. The lowest BCUT2D eigenvalue weighted by atomic mass is 10.1. The highest BCUT2D eigenvalue weighted by atomic mass is 32.2. The maximum Gasteiger partial charge on any atom is 0.251 e. The predicted octanol–water partition coefficient (Wildman–Crippen LogP) is 1.17. The van der Waals surface area contributed by atoms with Crippen LogP contribution in [0.5, 0.6) is 0 Å². The lowest BCUT2D eigenvalue weighted by Crippen LogP contribution is -2.43. The van der Waals surface area contributed by atoms with E-state index in [1.54, 1.807) is 19.9 Å². The number of aromatic nitrogens is 1. The van der Waals surface area contributed by atoms with E-state index in [1.165, 1.54) is 6.07 Å². The zero-order valence-corrected chi connectivity index (χ0v) is 13.8. The number of pyridine rings is 1. The summed E-state index contributed by atoms with van der Waals surface area (Å²) in [4.78, 5) is 16.3. The van der Waals surface area contributed by atoms with Crippen molar-refractivity contribution in [2.75, 3.05) is 18.5 Å². The van der Waals surface area contributed by atoms with Crippen LogP contribution >= 0.6 is 0 Å². The summed E-state index contributed by atoms with van der Waals surface area (Å²) >= 11 is 0. The summed E-state index contributed by atoms with van der Waals surface area (Å²) in [7, 11) is -3.26. The number of carbonyl (C=O) groups excluding carboxylic acids is 1. The highest BCUT2D eigenvalue weighted by molar-refractivity contribution is 7.92. The summed E-state index contributed by atoms with van der Waals surface area (Å²) in [5, 5.41) is 2.64. The molecule has 0 saturated heterocycles. The first-order valence-corrected chi connectivity index (χ1v) is 8.70. The van der Waals surface area contributed by atoms with E-state index in [9.17, 15) is 13.2 Å². The number of aryl methyl sites for hydroxylation is 1. The standard InChI is InChI=1S/C14H23N3O3S/c1-5-6-11-7-10(8-12(15)17-11)13(18)16-9-14(2,3)21(4,19)20/h7-8H,5-6,9H2,1-4H3,(H2,15,17)(H,16,18). The molecule has 0 atom stereocenters. The fourth-order valence-electron chi connectivity index (χ4n) is 1.65. The molecule has 118 valence electrons. The summed E-state index contributed by atoms with van der Waals surface area (Å²) < 4.78 is 22.2. The van der Waals surface area contributed by atoms with Crippen molar-refractivity contribution in [3.63, 3.8) is 0 Å². The zero-order chi connectivity index (χ0) is 16.3. The van der Waals surface area contributed by atoms with Crippen LogP contribution < -0.4 is 11.1 Å². The van der Waals surface area contributed by atoms with Gasteiger partial charge in [-0.1, -0.05) is 13.3 Å². The summed E-state index contributed by atoms with van der Waals surface area (Å²) in [6.07, 6.45) is 2.79. The number of nitrogen functional groups attached to an aromatic ring is 1. The lowest BCUT2D eigenvalue weighted by Gasteiger charge is -2.22. The van der Waals surface area contributed by atoms with Crippen LogP contribution in [0, 0.1) is 0 Å². The van der Waals surface area contributed by atoms with Gasteiger partial charge in [0.05, 0.1) is 4.75 Å². The van der Waals surface area contributed by atoms with Crippen LogP contribution in [0.1, 0.15) is 43.2 Å². The Hall–Kier alpha value is -1.63. The smallest absolute Gasteiger partial charge is 0.251 e. The van der Waals surface area contributed by atoms with Gasteiger partial charge in [-0.2, -0.15) is 0 Å². The first-order valence-electron chi connectivity index (χ1n) is 6.81. The third-order valence-electron chi connectivity index (χ3n) is 3.34. The van der Waals surface area contributed by atoms with Crippen molar-refractivity contribution >= 4 is 21.6 Å². The van der Waals surface area contributed by atoms with Crippen LogP contribution in [0.2, 0.25) is 0 Å². The van der Waals surface area contributed by atoms with Gasteiger partial charge in [0, 0.05) is 24.1 Å². The second-order valence-corrected chi connectivity index (χ2v) is 8.39. The Labute approximate surface area is 126 Å². The molecule has 0 saturated carbocycles. The third kappa shape index (κ3) is 4.70. The first kappa shape index (κ1) is 17.4. The van der Waals surface area contributed by atoms with Crippen molar-refractivity contribution in [3.05, 3.63) is 23.4 Å². The van der Waals surface area contributed by atoms with Crippen molar-refractivity contribution in [1.29, 1.82) is 0 Å². The highest BCUT2D eigenvalue weighted by Gasteiger charge is 2.30. The second kappa shape index (κ2) is 6.43. The fourth-order valence-corrected chi connectivity index (χ4v) is 1.99. The molecule has 0 aliphatic rings. The molecule has 0 radical (unpaired) electrons. The molecule has 0 aliphatic carbocycles. The topological polar surface area (TPSA) is 102 Å². The Morgan fingerprint density at radius 3 is 2.52 bits per heavy atom. The molecule has 7 heteroatoms. The van der Waals surface area contributed by atoms with Gasteiger partial charge in [-0.15, -0.1) is 0 Å². The minimum Gasteiger partial charge on any atom is -0.384 e. The Morgan fingerprint density at radius 1 is 1.38 bits per heavy atom. The molecule has 0 aromatic carbocycles. The van der Waals surface area contributed by atoms with E-state index >= 15 is 0 Å². The number of nitrogens with zero attached hydrogens (tertiary/aromatic N) is 1. The van der Waals surface area contributed by atoms with Crippen LogP contribution in [-0.4, -0.2) is 36.9 Å². The Balaban J connectivity index is 2.86. The molecule has 3 N–H and O–H groups in total. The molecular formula is C14H23N3O3S. The number of anilines is 1. The zero-order valence-electron chi connectivity index (χ0n) is 12.9. The minimum atomic E-state index is -3.26. The lowest BCUT2D eigenvalue weighted by molar-refractivity contribution is 0.0950. The van der Waals surface area contributed by atoms with Crippen LogP contribution in [-0.2, 0) is 16.3 Å². The fraction of sp³-hybridized carbons (Fsp3) is 0.571. The Kier molecular flexibility index (Phi) is 5.33. The van der Waals surface area contributed by atoms with Gasteiger partial charge in [-0.25, -0.2) is 13.4 Å². The van der Waals surface area contributed by atoms with Gasteiger partial charge in [0.15, 0.2) is 9.84 Å². The van der Waals surface area contributed by atoms with Crippen molar-refractivity contribution in [2.45, 2.75) is 38.4 Å². The van der Waals surface area contributed by atoms with Gasteiger partial charge in [0.25, 0.3) is 5.91 Å². The van der Waals surface area contributed by atoms with Gasteiger partial charge in [0.1, 0.15) is 5.82 Å². The first-order chi connectivity index (χ1) is 9.56. The molecule has 0 unspecified atom stereocenters. The molecular weight excluding hydrogens is 290 g/mol. The molecule has 1 rings (SSSR count). The maximum atomic E-state index is 12.1. The highest BCUT2D eigenvalue weighted by Crippen LogP contribution is 2.14. The third-order valence-corrected chi connectivity index (χ3v) is 5.50. The number of hydrogen-bond acceptors (Lipinski definition) is 5. The number of rotatable bonds is 6. The van der Waals surface area contributed by atoms with Crippen molar-refractivity contribution < 1.29 is 13.2 Å². The average Bonchev–Trinajstić information content (AvgIpc) is 2.34. The van der Waals surface area contributed by atoms with Gasteiger partial charge < -0.3 is 11.1 Å². The summed E-state index contributed by atoms with van der Waals surface area (Å²) in [5.41, 5.74) is 6.84. The SMILES string of the molecule is CCCc1cc(C(=O)NCC(C)(C)S(C)(=O)=O)cc(N)n1. The Morgan fingerprint density at radius 2 is 2.00 bits per heavy atom. The second-order valence-electron chi connectivity index (χ2n) is 5.74. The van der Waals surface area contributed by atoms with Gasteiger partial charge in [-0.3, -0.25) is 4.79 Å². The quantitative estimate of drug-likeness (QED) is 0.820. The van der Waals surface area contributed by atoms with E-state index < -0.39 is 14.6 Å². The van der Waals surface area contributed by atoms with E-state index in [2.05, 4.69) is 10.3 Å². The molecule has 1 heterocycles. The summed E-state index contributed by atoms with van der Waals surface area (Å²) in [6, 6.07) is 3.17. The normalized spacial score (nSPS) is 12.2. The molecule has 0 aliphatic heterocycles. The van der Waals surface area contributed by atoms with E-state index in [0.29, 0.717) is 5.56 Å². The number of nitrogens with one attached hydrogen (secondary N) is 1. The maximum absolute atomic E-state index is 12.1. The van der Waals surface area contributed by atoms with Crippen LogP contribution in [0.25, 0.3) is 0 Å².